The summed E-state index contributed by atoms with van der Waals surface area (Å²) in [6, 6.07) is 8.05. The highest BCUT2D eigenvalue weighted by atomic mass is 16.5. The van der Waals surface area contributed by atoms with Crippen LogP contribution in [0.2, 0.25) is 0 Å². The third-order valence-corrected chi connectivity index (χ3v) is 5.05. The summed E-state index contributed by atoms with van der Waals surface area (Å²) in [4.78, 5) is 16.5. The normalized spacial score (nSPS) is 26.5. The lowest BCUT2D eigenvalue weighted by molar-refractivity contribution is -0.132. The summed E-state index contributed by atoms with van der Waals surface area (Å²) < 4.78 is 5.44. The summed E-state index contributed by atoms with van der Waals surface area (Å²) in [5.41, 5.74) is 7.23. The topological polar surface area (TPSA) is 79.0 Å². The van der Waals surface area contributed by atoms with Crippen LogP contribution in [0.15, 0.2) is 24.3 Å². The molecule has 3 rings (SSSR count). The summed E-state index contributed by atoms with van der Waals surface area (Å²) >= 11 is 0. The van der Waals surface area contributed by atoms with Gasteiger partial charge >= 0.3 is 0 Å². The predicted molar refractivity (Wildman–Crippen MR) is 86.6 cm³/mol. The molecule has 3 N–H and O–H groups in total. The zero-order chi connectivity index (χ0) is 16.3. The van der Waals surface area contributed by atoms with Crippen LogP contribution in [0.25, 0.3) is 0 Å². The predicted octanol–water partition coefficient (Wildman–Crippen LogP) is -0.0591. The Hall–Kier alpha value is -1.47. The number of piperazine rings is 1. The number of nitrogens with two attached hydrogens (primary N) is 1. The fourth-order valence-corrected chi connectivity index (χ4v) is 3.50. The van der Waals surface area contributed by atoms with Crippen LogP contribution < -0.4 is 5.73 Å². The Morgan fingerprint density at radius 2 is 1.83 bits per heavy atom. The largest absolute Gasteiger partial charge is 0.392 e. The van der Waals surface area contributed by atoms with Crippen LogP contribution in [0.3, 0.4) is 0 Å². The maximum Gasteiger partial charge on any atom is 0.240 e. The van der Waals surface area contributed by atoms with Gasteiger partial charge in [-0.15, -0.1) is 0 Å². The van der Waals surface area contributed by atoms with Gasteiger partial charge < -0.3 is 15.6 Å². The van der Waals surface area contributed by atoms with Gasteiger partial charge in [-0.2, -0.15) is 0 Å². The molecule has 2 aliphatic heterocycles. The molecule has 0 spiro atoms. The highest BCUT2D eigenvalue weighted by Crippen LogP contribution is 2.27. The first-order chi connectivity index (χ1) is 11.1. The molecule has 0 radical (unpaired) electrons. The third kappa shape index (κ3) is 3.40. The maximum absolute atomic E-state index is 11.9. The molecule has 1 aromatic rings. The SMILES string of the molecule is NC(=O)C1(N2CCN(Cc3ccc(CO)cc3)CC2)CCOC1. The van der Waals surface area contributed by atoms with Gasteiger partial charge in [-0.1, -0.05) is 24.3 Å². The van der Waals surface area contributed by atoms with Crippen molar-refractivity contribution in [3.05, 3.63) is 35.4 Å². The first-order valence-corrected chi connectivity index (χ1v) is 8.18. The van der Waals surface area contributed by atoms with Crippen LogP contribution in [-0.2, 0) is 22.7 Å². The minimum absolute atomic E-state index is 0.0796. The summed E-state index contributed by atoms with van der Waals surface area (Å²) in [7, 11) is 0. The number of ether oxygens (including phenoxy) is 1. The number of aliphatic hydroxyl groups excluding tert-OH is 1. The average Bonchev–Trinajstić information content (AvgIpc) is 3.07. The van der Waals surface area contributed by atoms with Gasteiger partial charge in [0.1, 0.15) is 5.54 Å². The van der Waals surface area contributed by atoms with Crippen molar-refractivity contribution >= 4 is 5.91 Å². The lowest BCUT2D eigenvalue weighted by Crippen LogP contribution is -2.63. The molecule has 2 aliphatic rings. The molecule has 23 heavy (non-hydrogen) atoms. The number of carbonyl (C=O) groups is 1. The summed E-state index contributed by atoms with van der Waals surface area (Å²) in [6.45, 7) is 5.50. The van der Waals surface area contributed by atoms with E-state index in [2.05, 4.69) is 21.9 Å². The van der Waals surface area contributed by atoms with Crippen molar-refractivity contribution in [3.8, 4) is 0 Å². The van der Waals surface area contributed by atoms with Crippen LogP contribution in [0.4, 0.5) is 0 Å². The molecule has 0 aliphatic carbocycles. The Balaban J connectivity index is 1.56. The zero-order valence-corrected chi connectivity index (χ0v) is 13.4. The summed E-state index contributed by atoms with van der Waals surface area (Å²) in [5.74, 6) is -0.261. The number of rotatable bonds is 5. The lowest BCUT2D eigenvalue weighted by Gasteiger charge is -2.43. The van der Waals surface area contributed by atoms with Crippen molar-refractivity contribution in [2.45, 2.75) is 25.1 Å². The van der Waals surface area contributed by atoms with E-state index in [0.717, 1.165) is 38.3 Å². The van der Waals surface area contributed by atoms with E-state index in [1.54, 1.807) is 0 Å². The number of aliphatic hydroxyl groups is 1. The Labute approximate surface area is 136 Å². The minimum Gasteiger partial charge on any atom is -0.392 e. The summed E-state index contributed by atoms with van der Waals surface area (Å²) in [6.07, 6.45) is 0.699. The third-order valence-electron chi connectivity index (χ3n) is 5.05. The number of nitrogens with zero attached hydrogens (tertiary/aromatic N) is 2. The van der Waals surface area contributed by atoms with Gasteiger partial charge in [-0.25, -0.2) is 0 Å². The number of primary amides is 1. The van der Waals surface area contributed by atoms with Crippen LogP contribution in [-0.4, -0.2) is 65.7 Å². The van der Waals surface area contributed by atoms with Gasteiger partial charge in [0.2, 0.25) is 5.91 Å². The van der Waals surface area contributed by atoms with Gasteiger partial charge in [-0.3, -0.25) is 14.6 Å². The van der Waals surface area contributed by atoms with E-state index in [4.69, 9.17) is 15.6 Å². The van der Waals surface area contributed by atoms with Gasteiger partial charge in [0.25, 0.3) is 0 Å². The number of hydrogen-bond acceptors (Lipinski definition) is 5. The van der Waals surface area contributed by atoms with Crippen molar-refractivity contribution in [1.82, 2.24) is 9.80 Å². The van der Waals surface area contributed by atoms with Crippen LogP contribution in [0.1, 0.15) is 17.5 Å². The molecule has 126 valence electrons. The van der Waals surface area contributed by atoms with Gasteiger partial charge in [0.15, 0.2) is 0 Å². The number of benzene rings is 1. The molecule has 0 saturated carbocycles. The molecule has 1 amide bonds. The summed E-state index contributed by atoms with van der Waals surface area (Å²) in [5, 5.41) is 9.09. The monoisotopic (exact) mass is 319 g/mol. The molecule has 1 unspecified atom stereocenters. The minimum atomic E-state index is -0.602. The van der Waals surface area contributed by atoms with E-state index in [1.165, 1.54) is 5.56 Å². The Bertz CT molecular complexity index is 533. The standard InChI is InChI=1S/C17H25N3O3/c18-16(22)17(5-10-23-13-17)20-8-6-19(7-9-20)11-14-1-3-15(12-21)4-2-14/h1-4,21H,5-13H2,(H2,18,22). The molecule has 0 aromatic heterocycles. The van der Waals surface area contributed by atoms with E-state index in [-0.39, 0.29) is 12.5 Å². The first-order valence-electron chi connectivity index (χ1n) is 8.18. The lowest BCUT2D eigenvalue weighted by atomic mass is 9.94. The second-order valence-corrected chi connectivity index (χ2v) is 6.44. The van der Waals surface area contributed by atoms with Gasteiger partial charge in [-0.05, 0) is 11.1 Å². The molecule has 0 bridgehead atoms. The molecule has 6 nitrogen and oxygen atoms in total. The number of amides is 1. The quantitative estimate of drug-likeness (QED) is 0.795. The molecule has 1 atom stereocenters. The number of carbonyl (C=O) groups excluding carboxylic acids is 1. The second kappa shape index (κ2) is 6.97. The van der Waals surface area contributed by atoms with Crippen molar-refractivity contribution in [2.75, 3.05) is 39.4 Å². The smallest absolute Gasteiger partial charge is 0.240 e. The highest BCUT2D eigenvalue weighted by Gasteiger charge is 2.46. The van der Waals surface area contributed by atoms with Crippen LogP contribution in [0.5, 0.6) is 0 Å². The Kier molecular flexibility index (Phi) is 4.96. The molecule has 6 heteroatoms. The fourth-order valence-electron chi connectivity index (χ4n) is 3.50. The van der Waals surface area contributed by atoms with Gasteiger partial charge in [0.05, 0.1) is 13.2 Å². The molecule has 2 heterocycles. The van der Waals surface area contributed by atoms with Crippen molar-refractivity contribution in [1.29, 1.82) is 0 Å². The average molecular weight is 319 g/mol. The maximum atomic E-state index is 11.9. The fraction of sp³-hybridized carbons (Fsp3) is 0.588. The van der Waals surface area contributed by atoms with Crippen molar-refractivity contribution in [3.63, 3.8) is 0 Å². The van der Waals surface area contributed by atoms with Crippen molar-refractivity contribution in [2.24, 2.45) is 5.73 Å². The van der Waals surface area contributed by atoms with E-state index in [9.17, 15) is 4.79 Å². The van der Waals surface area contributed by atoms with Gasteiger partial charge in [0, 0.05) is 45.8 Å². The van der Waals surface area contributed by atoms with Crippen LogP contribution >= 0.6 is 0 Å². The first kappa shape index (κ1) is 16.4. The number of hydrogen-bond donors (Lipinski definition) is 2. The second-order valence-electron chi connectivity index (χ2n) is 6.44. The molecular formula is C17H25N3O3. The molecule has 2 saturated heterocycles. The highest BCUT2D eigenvalue weighted by molar-refractivity contribution is 5.85. The van der Waals surface area contributed by atoms with E-state index in [0.29, 0.717) is 19.6 Å². The zero-order valence-electron chi connectivity index (χ0n) is 13.4. The van der Waals surface area contributed by atoms with E-state index < -0.39 is 5.54 Å². The Morgan fingerprint density at radius 3 is 2.35 bits per heavy atom. The Morgan fingerprint density at radius 1 is 1.17 bits per heavy atom. The van der Waals surface area contributed by atoms with Crippen molar-refractivity contribution < 1.29 is 14.6 Å². The molecular weight excluding hydrogens is 294 g/mol. The van der Waals surface area contributed by atoms with E-state index in [1.807, 2.05) is 12.1 Å². The van der Waals surface area contributed by atoms with Crippen LogP contribution in [0, 0.1) is 0 Å². The van der Waals surface area contributed by atoms with E-state index >= 15 is 0 Å². The molecule has 2 fully saturated rings. The molecule has 1 aromatic carbocycles.